The Labute approximate surface area is 127 Å². The average Bonchev–Trinajstić information content (AvgIpc) is 3.00. The van der Waals surface area contributed by atoms with Gasteiger partial charge >= 0.3 is 0 Å². The first-order chi connectivity index (χ1) is 10.8. The number of hydroxylamine groups is 1. The molecule has 0 saturated heterocycles. The van der Waals surface area contributed by atoms with E-state index in [1.807, 2.05) is 65.2 Å². The molecule has 0 radical (unpaired) electrons. The Morgan fingerprint density at radius 1 is 1.05 bits per heavy atom. The molecular weight excluding hydrogens is 278 g/mol. The molecule has 3 rings (SSSR count). The highest BCUT2D eigenvalue weighted by molar-refractivity contribution is 5.80. The lowest BCUT2D eigenvalue weighted by Gasteiger charge is -2.09. The quantitative estimate of drug-likeness (QED) is 0.574. The second-order valence-electron chi connectivity index (χ2n) is 4.82. The maximum atomic E-state index is 11.6. The summed E-state index contributed by atoms with van der Waals surface area (Å²) < 4.78 is 1.86. The number of benzene rings is 2. The zero-order valence-electron chi connectivity index (χ0n) is 11.8. The Morgan fingerprint density at radius 3 is 2.32 bits per heavy atom. The number of nitrogens with zero attached hydrogens (tertiary/aromatic N) is 2. The van der Waals surface area contributed by atoms with Gasteiger partial charge in [-0.3, -0.25) is 10.0 Å². The van der Waals surface area contributed by atoms with Crippen LogP contribution in [-0.2, 0) is 11.2 Å². The molecule has 0 unspecified atom stereocenters. The van der Waals surface area contributed by atoms with Gasteiger partial charge in [0.25, 0.3) is 0 Å². The SMILES string of the molecule is O=C(Cc1c(-c2ccccc2)ncn1-c1ccccc1)NO. The number of rotatable bonds is 4. The smallest absolute Gasteiger partial charge is 0.249 e. The number of carbonyl (C=O) groups is 1. The third-order valence-electron chi connectivity index (χ3n) is 3.40. The highest BCUT2D eigenvalue weighted by Gasteiger charge is 2.16. The molecule has 22 heavy (non-hydrogen) atoms. The predicted octanol–water partition coefficient (Wildman–Crippen LogP) is 2.59. The largest absolute Gasteiger partial charge is 0.302 e. The lowest BCUT2D eigenvalue weighted by atomic mass is 10.1. The Morgan fingerprint density at radius 2 is 1.68 bits per heavy atom. The summed E-state index contributed by atoms with van der Waals surface area (Å²) in [7, 11) is 0. The monoisotopic (exact) mass is 293 g/mol. The van der Waals surface area contributed by atoms with Crippen molar-refractivity contribution in [1.82, 2.24) is 15.0 Å². The van der Waals surface area contributed by atoms with Crippen molar-refractivity contribution < 1.29 is 10.0 Å². The van der Waals surface area contributed by atoms with Crippen molar-refractivity contribution in [2.75, 3.05) is 0 Å². The van der Waals surface area contributed by atoms with Gasteiger partial charge in [0, 0.05) is 11.3 Å². The van der Waals surface area contributed by atoms with E-state index in [1.165, 1.54) is 0 Å². The molecule has 5 nitrogen and oxygen atoms in total. The van der Waals surface area contributed by atoms with Gasteiger partial charge in [0.2, 0.25) is 5.91 Å². The van der Waals surface area contributed by atoms with Crippen LogP contribution in [0.5, 0.6) is 0 Å². The maximum Gasteiger partial charge on any atom is 0.249 e. The third-order valence-corrected chi connectivity index (χ3v) is 3.40. The van der Waals surface area contributed by atoms with Crippen molar-refractivity contribution in [2.45, 2.75) is 6.42 Å². The highest BCUT2D eigenvalue weighted by Crippen LogP contribution is 2.25. The lowest BCUT2D eigenvalue weighted by Crippen LogP contribution is -2.22. The van der Waals surface area contributed by atoms with Crippen LogP contribution in [0.15, 0.2) is 67.0 Å². The molecule has 0 fully saturated rings. The van der Waals surface area contributed by atoms with Crippen molar-refractivity contribution in [3.05, 3.63) is 72.7 Å². The van der Waals surface area contributed by atoms with Gasteiger partial charge in [-0.15, -0.1) is 0 Å². The number of imidazole rings is 1. The van der Waals surface area contributed by atoms with E-state index in [4.69, 9.17) is 5.21 Å². The molecule has 0 bridgehead atoms. The van der Waals surface area contributed by atoms with Gasteiger partial charge in [0.1, 0.15) is 6.33 Å². The average molecular weight is 293 g/mol. The van der Waals surface area contributed by atoms with E-state index in [0.29, 0.717) is 0 Å². The molecule has 0 spiro atoms. The summed E-state index contributed by atoms with van der Waals surface area (Å²) in [6, 6.07) is 19.3. The van der Waals surface area contributed by atoms with Crippen LogP contribution in [0.25, 0.3) is 16.9 Å². The van der Waals surface area contributed by atoms with Crippen LogP contribution in [-0.4, -0.2) is 20.7 Å². The summed E-state index contributed by atoms with van der Waals surface area (Å²) in [5, 5.41) is 8.83. The second-order valence-corrected chi connectivity index (χ2v) is 4.82. The fourth-order valence-electron chi connectivity index (χ4n) is 2.38. The van der Waals surface area contributed by atoms with Crippen LogP contribution >= 0.6 is 0 Å². The van der Waals surface area contributed by atoms with E-state index in [-0.39, 0.29) is 6.42 Å². The molecule has 3 aromatic rings. The molecule has 0 atom stereocenters. The number of hydrogen-bond acceptors (Lipinski definition) is 3. The molecule has 0 aliphatic carbocycles. The van der Waals surface area contributed by atoms with Gasteiger partial charge in [-0.25, -0.2) is 10.5 Å². The van der Waals surface area contributed by atoms with E-state index in [9.17, 15) is 4.79 Å². The fraction of sp³-hybridized carbons (Fsp3) is 0.0588. The summed E-state index contributed by atoms with van der Waals surface area (Å²) in [5.41, 5.74) is 4.98. The topological polar surface area (TPSA) is 67.2 Å². The Hall–Kier alpha value is -2.92. The lowest BCUT2D eigenvalue weighted by molar-refractivity contribution is -0.128. The van der Waals surface area contributed by atoms with E-state index in [0.717, 1.165) is 22.6 Å². The zero-order chi connectivity index (χ0) is 15.4. The molecular formula is C17H15N3O2. The van der Waals surface area contributed by atoms with E-state index >= 15 is 0 Å². The zero-order valence-corrected chi connectivity index (χ0v) is 11.8. The number of para-hydroxylation sites is 1. The summed E-state index contributed by atoms with van der Waals surface area (Å²) in [6.45, 7) is 0. The molecule has 5 heteroatoms. The van der Waals surface area contributed by atoms with Gasteiger partial charge in [-0.2, -0.15) is 0 Å². The molecule has 1 aromatic heterocycles. The normalized spacial score (nSPS) is 10.4. The van der Waals surface area contributed by atoms with Gasteiger partial charge in [-0.05, 0) is 12.1 Å². The molecule has 1 amide bonds. The molecule has 0 saturated carbocycles. The van der Waals surface area contributed by atoms with Crippen LogP contribution in [0, 0.1) is 0 Å². The van der Waals surface area contributed by atoms with Crippen LogP contribution < -0.4 is 5.48 Å². The molecule has 2 aromatic carbocycles. The number of aromatic nitrogens is 2. The van der Waals surface area contributed by atoms with Crippen LogP contribution in [0.3, 0.4) is 0 Å². The molecule has 1 heterocycles. The van der Waals surface area contributed by atoms with Crippen molar-refractivity contribution in [2.24, 2.45) is 0 Å². The summed E-state index contributed by atoms with van der Waals surface area (Å²) in [5.74, 6) is -0.477. The van der Waals surface area contributed by atoms with E-state index < -0.39 is 5.91 Å². The predicted molar refractivity (Wildman–Crippen MR) is 82.6 cm³/mol. The van der Waals surface area contributed by atoms with Gasteiger partial charge in [0.05, 0.1) is 17.8 Å². The van der Waals surface area contributed by atoms with Gasteiger partial charge in [0.15, 0.2) is 0 Å². The number of carbonyl (C=O) groups excluding carboxylic acids is 1. The van der Waals surface area contributed by atoms with Crippen molar-refractivity contribution in [3.8, 4) is 16.9 Å². The molecule has 0 aliphatic heterocycles. The molecule has 2 N–H and O–H groups in total. The van der Waals surface area contributed by atoms with Crippen LogP contribution in [0.2, 0.25) is 0 Å². The first-order valence-electron chi connectivity index (χ1n) is 6.89. The number of hydrogen-bond donors (Lipinski definition) is 2. The maximum absolute atomic E-state index is 11.6. The first kappa shape index (κ1) is 14.0. The second kappa shape index (κ2) is 6.24. The first-order valence-corrected chi connectivity index (χ1v) is 6.89. The van der Waals surface area contributed by atoms with Crippen molar-refractivity contribution in [3.63, 3.8) is 0 Å². The van der Waals surface area contributed by atoms with Gasteiger partial charge < -0.3 is 4.57 Å². The van der Waals surface area contributed by atoms with Gasteiger partial charge in [-0.1, -0.05) is 48.5 Å². The summed E-state index contributed by atoms with van der Waals surface area (Å²) in [4.78, 5) is 16.1. The number of amides is 1. The Kier molecular flexibility index (Phi) is 3.98. The molecule has 0 aliphatic rings. The minimum absolute atomic E-state index is 0.0373. The van der Waals surface area contributed by atoms with Crippen LogP contribution in [0.4, 0.5) is 0 Å². The minimum atomic E-state index is -0.477. The number of nitrogens with one attached hydrogen (secondary N) is 1. The summed E-state index contributed by atoms with van der Waals surface area (Å²) in [6.07, 6.45) is 1.73. The highest BCUT2D eigenvalue weighted by atomic mass is 16.5. The van der Waals surface area contributed by atoms with Crippen molar-refractivity contribution in [1.29, 1.82) is 0 Å². The van der Waals surface area contributed by atoms with Crippen LogP contribution in [0.1, 0.15) is 5.69 Å². The van der Waals surface area contributed by atoms with E-state index in [1.54, 1.807) is 11.8 Å². The van der Waals surface area contributed by atoms with Crippen molar-refractivity contribution >= 4 is 5.91 Å². The Balaban J connectivity index is 2.12. The third kappa shape index (κ3) is 2.75. The standard InChI is InChI=1S/C17H15N3O2/c21-16(19-22)11-15-17(13-7-3-1-4-8-13)18-12-20(15)14-9-5-2-6-10-14/h1-10,12,22H,11H2,(H,19,21). The van der Waals surface area contributed by atoms with E-state index in [2.05, 4.69) is 4.98 Å². The summed E-state index contributed by atoms with van der Waals surface area (Å²) >= 11 is 0. The molecule has 110 valence electrons. The fourth-order valence-corrected chi connectivity index (χ4v) is 2.38. The minimum Gasteiger partial charge on any atom is -0.302 e. The Bertz CT molecular complexity index is 710.